The second-order valence-electron chi connectivity index (χ2n) is 4.94. The van der Waals surface area contributed by atoms with Crippen LogP contribution in [0.5, 0.6) is 5.75 Å². The molecule has 0 saturated carbocycles. The summed E-state index contributed by atoms with van der Waals surface area (Å²) in [6.07, 6.45) is 0.207. The molecule has 0 saturated heterocycles. The van der Waals surface area contributed by atoms with Crippen molar-refractivity contribution in [3.63, 3.8) is 0 Å². The number of amides is 1. The van der Waals surface area contributed by atoms with Gasteiger partial charge in [-0.1, -0.05) is 18.3 Å². The molecule has 1 rings (SSSR count). The van der Waals surface area contributed by atoms with Crippen LogP contribution in [0, 0.1) is 0 Å². The molecule has 0 spiro atoms. The third-order valence-electron chi connectivity index (χ3n) is 2.91. The second kappa shape index (κ2) is 6.67. The zero-order chi connectivity index (χ0) is 15.3. The summed E-state index contributed by atoms with van der Waals surface area (Å²) in [6, 6.07) is 5.24. The van der Waals surface area contributed by atoms with Gasteiger partial charge in [0.2, 0.25) is 5.91 Å². The normalized spacial score (nSPS) is 11.0. The van der Waals surface area contributed by atoms with E-state index in [0.29, 0.717) is 17.0 Å². The Labute approximate surface area is 124 Å². The molecule has 0 radical (unpaired) electrons. The zero-order valence-electron chi connectivity index (χ0n) is 12.1. The van der Waals surface area contributed by atoms with E-state index >= 15 is 0 Å². The lowest BCUT2D eigenvalue weighted by Crippen LogP contribution is -2.30. The smallest absolute Gasteiger partial charge is 0.227 e. The molecular weight excluding hydrogens is 276 g/mol. The molecule has 0 aliphatic carbocycles. The van der Waals surface area contributed by atoms with Crippen molar-refractivity contribution in [1.82, 2.24) is 0 Å². The summed E-state index contributed by atoms with van der Waals surface area (Å²) >= 11 is 4.99. The number of rotatable bonds is 6. The summed E-state index contributed by atoms with van der Waals surface area (Å²) in [5, 5.41) is 2.79. The van der Waals surface area contributed by atoms with Crippen LogP contribution >= 0.6 is 12.2 Å². The minimum Gasteiger partial charge on any atom is -0.495 e. The van der Waals surface area contributed by atoms with Crippen LogP contribution in [0.3, 0.4) is 0 Å². The van der Waals surface area contributed by atoms with Crippen molar-refractivity contribution in [2.75, 3.05) is 19.5 Å². The SMILES string of the molecule is COc1cccc(C(N)=S)c1NC(=O)CC(C)(C)OC. The van der Waals surface area contributed by atoms with Crippen molar-refractivity contribution in [1.29, 1.82) is 0 Å². The number of anilines is 1. The standard InChI is InChI=1S/C14H20N2O3S/c1-14(2,19-4)8-11(17)16-12-9(13(15)20)6-5-7-10(12)18-3/h5-7H,8H2,1-4H3,(H2,15,20)(H,16,17). The second-order valence-corrected chi connectivity index (χ2v) is 5.38. The third-order valence-corrected chi connectivity index (χ3v) is 3.13. The number of nitrogens with one attached hydrogen (secondary N) is 1. The highest BCUT2D eigenvalue weighted by Crippen LogP contribution is 2.29. The molecule has 1 aromatic carbocycles. The number of carbonyl (C=O) groups is 1. The number of para-hydroxylation sites is 1. The highest BCUT2D eigenvalue weighted by molar-refractivity contribution is 7.80. The molecule has 0 unspecified atom stereocenters. The summed E-state index contributed by atoms with van der Waals surface area (Å²) in [6.45, 7) is 3.67. The number of ether oxygens (including phenoxy) is 2. The number of carbonyl (C=O) groups excluding carboxylic acids is 1. The Hall–Kier alpha value is -1.66. The molecule has 6 heteroatoms. The Balaban J connectivity index is 3.02. The van der Waals surface area contributed by atoms with E-state index in [-0.39, 0.29) is 17.3 Å². The van der Waals surface area contributed by atoms with Gasteiger partial charge in [0.05, 0.1) is 24.8 Å². The van der Waals surface area contributed by atoms with Crippen molar-refractivity contribution in [2.24, 2.45) is 5.73 Å². The Bertz CT molecular complexity index is 515. The average molecular weight is 296 g/mol. The van der Waals surface area contributed by atoms with Gasteiger partial charge in [0.25, 0.3) is 0 Å². The monoisotopic (exact) mass is 296 g/mol. The predicted octanol–water partition coefficient (Wildman–Crippen LogP) is 2.08. The number of benzene rings is 1. The molecule has 0 atom stereocenters. The Morgan fingerprint density at radius 3 is 2.55 bits per heavy atom. The molecule has 5 nitrogen and oxygen atoms in total. The van der Waals surface area contributed by atoms with E-state index < -0.39 is 5.60 Å². The molecule has 0 bridgehead atoms. The van der Waals surface area contributed by atoms with Gasteiger partial charge in [-0.25, -0.2) is 0 Å². The van der Waals surface area contributed by atoms with Gasteiger partial charge in [0.15, 0.2) is 0 Å². The van der Waals surface area contributed by atoms with Crippen LogP contribution in [-0.2, 0) is 9.53 Å². The van der Waals surface area contributed by atoms with Crippen LogP contribution < -0.4 is 15.8 Å². The van der Waals surface area contributed by atoms with Gasteiger partial charge < -0.3 is 20.5 Å². The number of hydrogen-bond donors (Lipinski definition) is 2. The Morgan fingerprint density at radius 2 is 2.05 bits per heavy atom. The first-order valence-corrected chi connectivity index (χ1v) is 6.53. The Kier molecular flexibility index (Phi) is 5.47. The Morgan fingerprint density at radius 1 is 1.40 bits per heavy atom. The van der Waals surface area contributed by atoms with E-state index in [0.717, 1.165) is 0 Å². The topological polar surface area (TPSA) is 73.6 Å². The average Bonchev–Trinajstić information content (AvgIpc) is 2.38. The van der Waals surface area contributed by atoms with Crippen LogP contribution in [0.15, 0.2) is 18.2 Å². The lowest BCUT2D eigenvalue weighted by atomic mass is 10.0. The maximum Gasteiger partial charge on any atom is 0.227 e. The van der Waals surface area contributed by atoms with Crippen LogP contribution in [0.2, 0.25) is 0 Å². The number of nitrogens with two attached hydrogens (primary N) is 1. The number of hydrogen-bond acceptors (Lipinski definition) is 4. The minimum atomic E-state index is -0.546. The fraction of sp³-hybridized carbons (Fsp3) is 0.429. The molecule has 1 amide bonds. The number of methoxy groups -OCH3 is 2. The maximum absolute atomic E-state index is 12.1. The van der Waals surface area contributed by atoms with E-state index in [1.807, 2.05) is 13.8 Å². The van der Waals surface area contributed by atoms with E-state index in [1.165, 1.54) is 7.11 Å². The maximum atomic E-state index is 12.1. The summed E-state index contributed by atoms with van der Waals surface area (Å²) in [4.78, 5) is 12.3. The van der Waals surface area contributed by atoms with Gasteiger partial charge >= 0.3 is 0 Å². The van der Waals surface area contributed by atoms with Gasteiger partial charge in [0, 0.05) is 12.7 Å². The molecule has 1 aromatic rings. The molecule has 0 heterocycles. The lowest BCUT2D eigenvalue weighted by molar-refractivity contribution is -0.121. The van der Waals surface area contributed by atoms with Crippen LogP contribution in [-0.4, -0.2) is 30.7 Å². The zero-order valence-corrected chi connectivity index (χ0v) is 13.0. The van der Waals surface area contributed by atoms with Crippen LogP contribution in [0.4, 0.5) is 5.69 Å². The molecule has 20 heavy (non-hydrogen) atoms. The first kappa shape index (κ1) is 16.4. The van der Waals surface area contributed by atoms with Gasteiger partial charge in [-0.3, -0.25) is 4.79 Å². The molecule has 0 aromatic heterocycles. The fourth-order valence-corrected chi connectivity index (χ4v) is 1.85. The highest BCUT2D eigenvalue weighted by atomic mass is 32.1. The molecule has 0 aliphatic rings. The fourth-order valence-electron chi connectivity index (χ4n) is 1.68. The molecule has 0 fully saturated rings. The predicted molar refractivity (Wildman–Crippen MR) is 83.2 cm³/mol. The molecule has 110 valence electrons. The van der Waals surface area contributed by atoms with Gasteiger partial charge in [-0.15, -0.1) is 0 Å². The summed E-state index contributed by atoms with van der Waals surface area (Å²) in [5.41, 5.74) is 6.18. The quantitative estimate of drug-likeness (QED) is 0.786. The molecular formula is C14H20N2O3S. The van der Waals surface area contributed by atoms with Crippen molar-refractivity contribution in [2.45, 2.75) is 25.9 Å². The first-order chi connectivity index (χ1) is 9.30. The van der Waals surface area contributed by atoms with Gasteiger partial charge in [0.1, 0.15) is 10.7 Å². The van der Waals surface area contributed by atoms with Crippen molar-refractivity contribution < 1.29 is 14.3 Å². The van der Waals surface area contributed by atoms with Crippen LogP contribution in [0.25, 0.3) is 0 Å². The highest BCUT2D eigenvalue weighted by Gasteiger charge is 2.22. The van der Waals surface area contributed by atoms with Crippen molar-refractivity contribution in [3.05, 3.63) is 23.8 Å². The first-order valence-electron chi connectivity index (χ1n) is 6.12. The van der Waals surface area contributed by atoms with Gasteiger partial charge in [-0.05, 0) is 26.0 Å². The minimum absolute atomic E-state index is 0.196. The van der Waals surface area contributed by atoms with Crippen molar-refractivity contribution >= 4 is 28.8 Å². The van der Waals surface area contributed by atoms with Gasteiger partial charge in [-0.2, -0.15) is 0 Å². The third kappa shape index (κ3) is 4.18. The van der Waals surface area contributed by atoms with E-state index in [2.05, 4.69) is 5.32 Å². The lowest BCUT2D eigenvalue weighted by Gasteiger charge is -2.22. The molecule has 3 N–H and O–H groups in total. The largest absolute Gasteiger partial charge is 0.495 e. The number of thiocarbonyl (C=S) groups is 1. The van der Waals surface area contributed by atoms with E-state index in [1.54, 1.807) is 25.3 Å². The van der Waals surface area contributed by atoms with E-state index in [4.69, 9.17) is 27.4 Å². The van der Waals surface area contributed by atoms with Crippen LogP contribution in [0.1, 0.15) is 25.8 Å². The van der Waals surface area contributed by atoms with E-state index in [9.17, 15) is 4.79 Å². The van der Waals surface area contributed by atoms with Crippen molar-refractivity contribution in [3.8, 4) is 5.75 Å². The summed E-state index contributed by atoms with van der Waals surface area (Å²) in [7, 11) is 3.09. The summed E-state index contributed by atoms with van der Waals surface area (Å²) < 4.78 is 10.5. The summed E-state index contributed by atoms with van der Waals surface area (Å²) in [5.74, 6) is 0.317. The molecule has 0 aliphatic heterocycles.